The fourth-order valence-electron chi connectivity index (χ4n) is 1.73. The summed E-state index contributed by atoms with van der Waals surface area (Å²) < 4.78 is 0. The minimum Gasteiger partial charge on any atom is -0.478 e. The van der Waals surface area contributed by atoms with Crippen molar-refractivity contribution >= 4 is 17.3 Å². The van der Waals surface area contributed by atoms with Crippen LogP contribution in [0.2, 0.25) is 0 Å². The van der Waals surface area contributed by atoms with Crippen molar-refractivity contribution in [3.63, 3.8) is 0 Å². The molecule has 0 atom stereocenters. The molecular weight excluding hydrogens is 246 g/mol. The number of aromatic nitrogens is 1. The molecular formula is C14H15NO2S. The van der Waals surface area contributed by atoms with Crippen LogP contribution in [0.4, 0.5) is 0 Å². The summed E-state index contributed by atoms with van der Waals surface area (Å²) in [6, 6.07) is 7.00. The van der Waals surface area contributed by atoms with Crippen molar-refractivity contribution in [2.24, 2.45) is 0 Å². The molecule has 18 heavy (non-hydrogen) atoms. The van der Waals surface area contributed by atoms with Crippen LogP contribution in [0.3, 0.4) is 0 Å². The molecule has 1 N–H and O–H groups in total. The third kappa shape index (κ3) is 2.43. The van der Waals surface area contributed by atoms with Crippen LogP contribution >= 0.6 is 11.3 Å². The Morgan fingerprint density at radius 1 is 1.39 bits per heavy atom. The minimum absolute atomic E-state index is 0.311. The Kier molecular flexibility index (Phi) is 3.48. The molecule has 0 aliphatic carbocycles. The van der Waals surface area contributed by atoms with Crippen LogP contribution in [-0.2, 0) is 0 Å². The monoisotopic (exact) mass is 261 g/mol. The predicted molar refractivity (Wildman–Crippen MR) is 73.3 cm³/mol. The zero-order chi connectivity index (χ0) is 13.3. The molecule has 0 fully saturated rings. The van der Waals surface area contributed by atoms with Crippen LogP contribution in [0.25, 0.3) is 10.4 Å². The van der Waals surface area contributed by atoms with E-state index in [2.05, 4.69) is 18.8 Å². The Hall–Kier alpha value is -1.68. The number of nitrogens with zero attached hydrogens (tertiary/aromatic N) is 1. The molecule has 2 rings (SSSR count). The van der Waals surface area contributed by atoms with Gasteiger partial charge in [-0.3, -0.25) is 0 Å². The quantitative estimate of drug-likeness (QED) is 0.910. The van der Waals surface area contributed by atoms with Crippen molar-refractivity contribution in [2.75, 3.05) is 0 Å². The number of hydrogen-bond acceptors (Lipinski definition) is 3. The molecule has 1 aromatic carbocycles. The Bertz CT molecular complexity index is 587. The van der Waals surface area contributed by atoms with Crippen LogP contribution in [0.5, 0.6) is 0 Å². The lowest BCUT2D eigenvalue weighted by atomic mass is 10.1. The molecule has 0 saturated carbocycles. The van der Waals surface area contributed by atoms with Gasteiger partial charge in [-0.25, -0.2) is 9.78 Å². The van der Waals surface area contributed by atoms with Gasteiger partial charge in [0.2, 0.25) is 0 Å². The van der Waals surface area contributed by atoms with Gasteiger partial charge in [-0.05, 0) is 24.6 Å². The van der Waals surface area contributed by atoms with Crippen molar-refractivity contribution in [1.82, 2.24) is 4.98 Å². The Morgan fingerprint density at radius 3 is 2.67 bits per heavy atom. The van der Waals surface area contributed by atoms with Crippen molar-refractivity contribution in [3.8, 4) is 10.4 Å². The molecule has 0 bridgehead atoms. The second-order valence-corrected chi connectivity index (χ2v) is 5.54. The van der Waals surface area contributed by atoms with Crippen molar-refractivity contribution < 1.29 is 9.90 Å². The minimum atomic E-state index is -0.900. The third-order valence-electron chi connectivity index (χ3n) is 2.68. The summed E-state index contributed by atoms with van der Waals surface area (Å²) in [4.78, 5) is 16.6. The fraction of sp³-hybridized carbons (Fsp3) is 0.286. The molecule has 0 radical (unpaired) electrons. The smallest absolute Gasteiger partial charge is 0.335 e. The molecule has 0 aliphatic heterocycles. The highest BCUT2D eigenvalue weighted by atomic mass is 32.1. The van der Waals surface area contributed by atoms with Crippen LogP contribution in [0.1, 0.15) is 40.8 Å². The van der Waals surface area contributed by atoms with E-state index in [1.165, 1.54) is 0 Å². The number of aromatic carboxylic acids is 1. The van der Waals surface area contributed by atoms with Gasteiger partial charge in [-0.15, -0.1) is 11.3 Å². The molecule has 0 aliphatic rings. The van der Waals surface area contributed by atoms with Gasteiger partial charge in [-0.2, -0.15) is 0 Å². The summed E-state index contributed by atoms with van der Waals surface area (Å²) in [6.45, 7) is 6.18. The van der Waals surface area contributed by atoms with Gasteiger partial charge in [0.15, 0.2) is 0 Å². The summed E-state index contributed by atoms with van der Waals surface area (Å²) in [5.41, 5.74) is 2.20. The third-order valence-corrected chi connectivity index (χ3v) is 4.19. The van der Waals surface area contributed by atoms with E-state index in [9.17, 15) is 4.79 Å². The van der Waals surface area contributed by atoms with Gasteiger partial charge in [0, 0.05) is 5.92 Å². The summed E-state index contributed by atoms with van der Waals surface area (Å²) in [5, 5.41) is 10.1. The first-order valence-electron chi connectivity index (χ1n) is 5.80. The van der Waals surface area contributed by atoms with E-state index in [1.807, 2.05) is 13.0 Å². The fourth-order valence-corrected chi connectivity index (χ4v) is 2.79. The van der Waals surface area contributed by atoms with E-state index in [1.54, 1.807) is 29.5 Å². The number of benzene rings is 1. The Morgan fingerprint density at radius 2 is 2.11 bits per heavy atom. The van der Waals surface area contributed by atoms with E-state index >= 15 is 0 Å². The predicted octanol–water partition coefficient (Wildman–Crippen LogP) is 3.94. The van der Waals surface area contributed by atoms with Crippen molar-refractivity contribution in [1.29, 1.82) is 0 Å². The second kappa shape index (κ2) is 4.90. The summed E-state index contributed by atoms with van der Waals surface area (Å²) >= 11 is 1.64. The van der Waals surface area contributed by atoms with E-state index in [-0.39, 0.29) is 0 Å². The van der Waals surface area contributed by atoms with Gasteiger partial charge >= 0.3 is 5.97 Å². The average Bonchev–Trinajstić information content (AvgIpc) is 2.72. The SMILES string of the molecule is Cc1nc(C(C)C)sc1-c1cccc(C(=O)O)c1. The lowest BCUT2D eigenvalue weighted by molar-refractivity contribution is 0.0697. The van der Waals surface area contributed by atoms with E-state index in [0.29, 0.717) is 11.5 Å². The largest absolute Gasteiger partial charge is 0.478 e. The molecule has 0 amide bonds. The number of thiazole rings is 1. The number of carboxylic acids is 1. The highest BCUT2D eigenvalue weighted by Gasteiger charge is 2.13. The van der Waals surface area contributed by atoms with Gasteiger partial charge in [0.25, 0.3) is 0 Å². The average molecular weight is 261 g/mol. The van der Waals surface area contributed by atoms with Gasteiger partial charge < -0.3 is 5.11 Å². The van der Waals surface area contributed by atoms with E-state index in [0.717, 1.165) is 21.1 Å². The van der Waals surface area contributed by atoms with E-state index < -0.39 is 5.97 Å². The molecule has 4 heteroatoms. The molecule has 1 heterocycles. The molecule has 94 valence electrons. The normalized spacial score (nSPS) is 10.9. The van der Waals surface area contributed by atoms with Crippen LogP contribution < -0.4 is 0 Å². The Balaban J connectivity index is 2.48. The highest BCUT2D eigenvalue weighted by molar-refractivity contribution is 7.15. The van der Waals surface area contributed by atoms with Crippen LogP contribution in [0.15, 0.2) is 24.3 Å². The Labute approximate surface area is 110 Å². The number of carboxylic acid groups (broad SMARTS) is 1. The second-order valence-electron chi connectivity index (χ2n) is 4.51. The highest BCUT2D eigenvalue weighted by Crippen LogP contribution is 2.33. The van der Waals surface area contributed by atoms with E-state index in [4.69, 9.17) is 5.11 Å². The standard InChI is InChI=1S/C14H15NO2S/c1-8(2)13-15-9(3)12(18-13)10-5-4-6-11(7-10)14(16)17/h4-8H,1-3H3,(H,16,17). The zero-order valence-electron chi connectivity index (χ0n) is 10.6. The molecule has 0 spiro atoms. The number of hydrogen-bond donors (Lipinski definition) is 1. The topological polar surface area (TPSA) is 50.2 Å². The maximum Gasteiger partial charge on any atom is 0.335 e. The maximum absolute atomic E-state index is 11.0. The first-order valence-corrected chi connectivity index (χ1v) is 6.61. The lowest BCUT2D eigenvalue weighted by Crippen LogP contribution is -1.95. The van der Waals surface area contributed by atoms with Crippen molar-refractivity contribution in [3.05, 3.63) is 40.5 Å². The van der Waals surface area contributed by atoms with Gasteiger partial charge in [-0.1, -0.05) is 26.0 Å². The molecule has 3 nitrogen and oxygen atoms in total. The number of rotatable bonds is 3. The van der Waals surface area contributed by atoms with Crippen LogP contribution in [0, 0.1) is 6.92 Å². The maximum atomic E-state index is 11.0. The molecule has 0 saturated heterocycles. The summed E-state index contributed by atoms with van der Waals surface area (Å²) in [7, 11) is 0. The first-order chi connectivity index (χ1) is 8.49. The summed E-state index contributed by atoms with van der Waals surface area (Å²) in [6.07, 6.45) is 0. The molecule has 2 aromatic rings. The van der Waals surface area contributed by atoms with Crippen molar-refractivity contribution in [2.45, 2.75) is 26.7 Å². The molecule has 1 aromatic heterocycles. The number of carbonyl (C=O) groups is 1. The first kappa shape index (κ1) is 12.8. The van der Waals surface area contributed by atoms with Gasteiger partial charge in [0.05, 0.1) is 21.1 Å². The van der Waals surface area contributed by atoms with Gasteiger partial charge in [0.1, 0.15) is 0 Å². The molecule has 0 unspecified atom stereocenters. The number of aryl methyl sites for hydroxylation is 1. The van der Waals surface area contributed by atoms with Crippen LogP contribution in [-0.4, -0.2) is 16.1 Å². The zero-order valence-corrected chi connectivity index (χ0v) is 11.4. The summed E-state index contributed by atoms with van der Waals surface area (Å²) in [5.74, 6) is -0.506. The lowest BCUT2D eigenvalue weighted by Gasteiger charge is -2.00.